The quantitative estimate of drug-likeness (QED) is 0.471. The zero-order valence-corrected chi connectivity index (χ0v) is 16.3. The van der Waals surface area contributed by atoms with Crippen molar-refractivity contribution in [2.45, 2.75) is 19.8 Å². The van der Waals surface area contributed by atoms with Crippen molar-refractivity contribution in [2.75, 3.05) is 11.9 Å². The maximum atomic E-state index is 13.3. The average molecular weight is 412 g/mol. The maximum Gasteiger partial charge on any atom is 0.336 e. The lowest BCUT2D eigenvalue weighted by Gasteiger charge is -2.08. The van der Waals surface area contributed by atoms with Crippen LogP contribution in [0.3, 0.4) is 0 Å². The molecule has 1 N–H and O–H groups in total. The lowest BCUT2D eigenvalue weighted by atomic mass is 10.1. The van der Waals surface area contributed by atoms with Crippen molar-refractivity contribution in [2.24, 2.45) is 0 Å². The van der Waals surface area contributed by atoms with E-state index in [1.54, 1.807) is 18.2 Å². The molecule has 4 aromatic rings. The number of carbonyl (C=O) groups is 1. The van der Waals surface area contributed by atoms with Crippen molar-refractivity contribution in [1.29, 1.82) is 0 Å². The smallest absolute Gasteiger partial charge is 0.336 e. The summed E-state index contributed by atoms with van der Waals surface area (Å²) in [6.07, 6.45) is 1.69. The van der Waals surface area contributed by atoms with Crippen molar-refractivity contribution in [1.82, 2.24) is 4.98 Å². The van der Waals surface area contributed by atoms with Crippen LogP contribution in [0.4, 0.5) is 9.52 Å². The van der Waals surface area contributed by atoms with Crippen LogP contribution in [0.15, 0.2) is 51.7 Å². The molecule has 8 heteroatoms. The highest BCUT2D eigenvalue weighted by Crippen LogP contribution is 2.27. The van der Waals surface area contributed by atoms with Crippen molar-refractivity contribution in [3.8, 4) is 5.75 Å². The van der Waals surface area contributed by atoms with E-state index in [9.17, 15) is 14.0 Å². The van der Waals surface area contributed by atoms with Crippen LogP contribution in [0.1, 0.15) is 18.9 Å². The molecular formula is C21H17FN2O4S. The van der Waals surface area contributed by atoms with Crippen molar-refractivity contribution in [3.63, 3.8) is 0 Å². The van der Waals surface area contributed by atoms with E-state index in [4.69, 9.17) is 9.15 Å². The summed E-state index contributed by atoms with van der Waals surface area (Å²) in [7, 11) is 0. The molecule has 0 radical (unpaired) electrons. The fourth-order valence-electron chi connectivity index (χ4n) is 3.03. The number of hydrogen-bond donors (Lipinski definition) is 1. The van der Waals surface area contributed by atoms with E-state index in [2.05, 4.69) is 10.3 Å². The van der Waals surface area contributed by atoms with Crippen LogP contribution in [0.2, 0.25) is 0 Å². The third-order valence-corrected chi connectivity index (χ3v) is 5.22. The lowest BCUT2D eigenvalue weighted by molar-refractivity contribution is -0.118. The van der Waals surface area contributed by atoms with Gasteiger partial charge in [0.1, 0.15) is 17.1 Å². The van der Waals surface area contributed by atoms with Crippen LogP contribution in [0, 0.1) is 5.82 Å². The number of aromatic nitrogens is 1. The van der Waals surface area contributed by atoms with Gasteiger partial charge in [-0.3, -0.25) is 10.1 Å². The first kappa shape index (κ1) is 19.1. The topological polar surface area (TPSA) is 81.4 Å². The van der Waals surface area contributed by atoms with Gasteiger partial charge in [-0.25, -0.2) is 14.2 Å². The van der Waals surface area contributed by atoms with Gasteiger partial charge in [0.05, 0.1) is 10.2 Å². The lowest BCUT2D eigenvalue weighted by Crippen LogP contribution is -2.20. The normalized spacial score (nSPS) is 11.1. The number of nitrogens with one attached hydrogen (secondary N) is 1. The Morgan fingerprint density at radius 2 is 2.10 bits per heavy atom. The van der Waals surface area contributed by atoms with E-state index in [1.807, 2.05) is 13.0 Å². The Bertz CT molecular complexity index is 1260. The number of amides is 1. The molecule has 6 nitrogen and oxygen atoms in total. The molecule has 2 aromatic carbocycles. The fourth-order valence-corrected chi connectivity index (χ4v) is 3.94. The van der Waals surface area contributed by atoms with Gasteiger partial charge in [0.2, 0.25) is 0 Å². The second-order valence-corrected chi connectivity index (χ2v) is 7.50. The van der Waals surface area contributed by atoms with Gasteiger partial charge in [-0.15, -0.1) is 0 Å². The molecule has 0 aliphatic carbocycles. The average Bonchev–Trinajstić information content (AvgIpc) is 3.07. The fraction of sp³-hybridized carbons (Fsp3) is 0.190. The number of rotatable bonds is 6. The summed E-state index contributed by atoms with van der Waals surface area (Å²) in [5.41, 5.74) is 1.55. The number of halogens is 1. The van der Waals surface area contributed by atoms with Crippen LogP contribution < -0.4 is 15.7 Å². The van der Waals surface area contributed by atoms with Crippen LogP contribution in [-0.2, 0) is 11.2 Å². The molecule has 0 saturated heterocycles. The number of thiazole rings is 1. The predicted octanol–water partition coefficient (Wildman–Crippen LogP) is 4.51. The molecule has 1 amide bonds. The van der Waals surface area contributed by atoms with Gasteiger partial charge in [-0.2, -0.15) is 0 Å². The van der Waals surface area contributed by atoms with Crippen LogP contribution in [0.25, 0.3) is 21.2 Å². The Hall–Kier alpha value is -3.26. The highest BCUT2D eigenvalue weighted by molar-refractivity contribution is 7.22. The molecule has 148 valence electrons. The van der Waals surface area contributed by atoms with E-state index >= 15 is 0 Å². The molecule has 0 aliphatic rings. The van der Waals surface area contributed by atoms with Gasteiger partial charge in [-0.05, 0) is 42.3 Å². The number of carbonyl (C=O) groups excluding carboxylic acids is 1. The van der Waals surface area contributed by atoms with E-state index in [0.29, 0.717) is 26.7 Å². The third kappa shape index (κ3) is 4.27. The minimum Gasteiger partial charge on any atom is -0.484 e. The summed E-state index contributed by atoms with van der Waals surface area (Å²) in [5, 5.41) is 3.86. The zero-order chi connectivity index (χ0) is 20.4. The van der Waals surface area contributed by atoms with Crippen molar-refractivity contribution in [3.05, 3.63) is 64.3 Å². The first-order chi connectivity index (χ1) is 14.0. The van der Waals surface area contributed by atoms with Gasteiger partial charge >= 0.3 is 5.63 Å². The number of benzene rings is 2. The molecule has 0 fully saturated rings. The van der Waals surface area contributed by atoms with Gasteiger partial charge in [0, 0.05) is 17.5 Å². The Morgan fingerprint density at radius 1 is 1.24 bits per heavy atom. The number of nitrogens with zero attached hydrogens (tertiary/aromatic N) is 1. The molecule has 0 aliphatic heterocycles. The predicted molar refractivity (Wildman–Crippen MR) is 110 cm³/mol. The second kappa shape index (κ2) is 8.00. The summed E-state index contributed by atoms with van der Waals surface area (Å²) in [6.45, 7) is 1.80. The third-order valence-electron chi connectivity index (χ3n) is 4.29. The standard InChI is InChI=1S/C21H17FN2O4S/c1-2-3-12-8-20(26)28-17-10-14(5-6-15(12)17)27-11-19(25)24-21-23-16-7-4-13(22)9-18(16)29-21/h4-10H,2-3,11H2,1H3,(H,23,24,25). The Balaban J connectivity index is 1.45. The number of aryl methyl sites for hydroxylation is 1. The Kier molecular flexibility index (Phi) is 5.26. The molecule has 0 atom stereocenters. The van der Waals surface area contributed by atoms with Gasteiger partial charge in [-0.1, -0.05) is 24.7 Å². The van der Waals surface area contributed by atoms with E-state index in [-0.39, 0.29) is 12.4 Å². The van der Waals surface area contributed by atoms with E-state index in [1.165, 1.54) is 29.5 Å². The van der Waals surface area contributed by atoms with Crippen LogP contribution >= 0.6 is 11.3 Å². The van der Waals surface area contributed by atoms with Crippen LogP contribution in [-0.4, -0.2) is 17.5 Å². The van der Waals surface area contributed by atoms with Crippen molar-refractivity contribution >= 4 is 43.6 Å². The number of hydrogen-bond acceptors (Lipinski definition) is 6. The first-order valence-electron chi connectivity index (χ1n) is 9.07. The highest BCUT2D eigenvalue weighted by Gasteiger charge is 2.11. The molecule has 0 bridgehead atoms. The summed E-state index contributed by atoms with van der Waals surface area (Å²) in [6, 6.07) is 10.9. The minimum absolute atomic E-state index is 0.241. The van der Waals surface area contributed by atoms with Gasteiger partial charge in [0.15, 0.2) is 11.7 Å². The summed E-state index contributed by atoms with van der Waals surface area (Å²) < 4.78 is 24.7. The molecule has 0 spiro atoms. The minimum atomic E-state index is -0.414. The monoisotopic (exact) mass is 412 g/mol. The van der Waals surface area contributed by atoms with E-state index in [0.717, 1.165) is 23.8 Å². The molecule has 0 saturated carbocycles. The highest BCUT2D eigenvalue weighted by atomic mass is 32.1. The number of fused-ring (bicyclic) bond motifs is 2. The second-order valence-electron chi connectivity index (χ2n) is 6.47. The Labute approximate surface area is 168 Å². The van der Waals surface area contributed by atoms with Crippen molar-refractivity contribution < 1.29 is 18.3 Å². The Morgan fingerprint density at radius 3 is 2.93 bits per heavy atom. The summed E-state index contributed by atoms with van der Waals surface area (Å²) in [4.78, 5) is 28.2. The zero-order valence-electron chi connectivity index (χ0n) is 15.5. The number of anilines is 1. The number of ether oxygens (including phenoxy) is 1. The molecule has 2 heterocycles. The SMILES string of the molecule is CCCc1cc(=O)oc2cc(OCC(=O)Nc3nc4ccc(F)cc4s3)ccc12. The first-order valence-corrected chi connectivity index (χ1v) is 9.89. The van der Waals surface area contributed by atoms with Crippen LogP contribution in [0.5, 0.6) is 5.75 Å². The molecule has 29 heavy (non-hydrogen) atoms. The van der Waals surface area contributed by atoms with Gasteiger partial charge < -0.3 is 9.15 Å². The maximum absolute atomic E-state index is 13.3. The largest absolute Gasteiger partial charge is 0.484 e. The van der Waals surface area contributed by atoms with E-state index < -0.39 is 11.5 Å². The van der Waals surface area contributed by atoms with Gasteiger partial charge in [0.25, 0.3) is 5.91 Å². The summed E-state index contributed by atoms with van der Waals surface area (Å²) in [5.74, 6) is -0.339. The molecule has 2 aromatic heterocycles. The molecule has 4 rings (SSSR count). The molecular weight excluding hydrogens is 395 g/mol. The molecule has 0 unspecified atom stereocenters. The summed E-state index contributed by atoms with van der Waals surface area (Å²) >= 11 is 1.18.